The molecule has 2 heterocycles. The molecule has 0 aliphatic rings. The van der Waals surface area contributed by atoms with E-state index in [-0.39, 0.29) is 11.7 Å². The van der Waals surface area contributed by atoms with Crippen molar-refractivity contribution in [3.63, 3.8) is 0 Å². The fourth-order valence-corrected chi connectivity index (χ4v) is 2.51. The Hall–Kier alpha value is -3.48. The molecule has 7 heteroatoms. The van der Waals surface area contributed by atoms with E-state index >= 15 is 0 Å². The lowest BCUT2D eigenvalue weighted by atomic mass is 10.2. The van der Waals surface area contributed by atoms with Crippen LogP contribution in [0.5, 0.6) is 0 Å². The van der Waals surface area contributed by atoms with E-state index in [2.05, 4.69) is 25.4 Å². The number of hydrogen-bond donors (Lipinski definition) is 2. The van der Waals surface area contributed by atoms with Gasteiger partial charge in [-0.25, -0.2) is 14.6 Å². The Kier molecular flexibility index (Phi) is 5.07. The molecule has 2 N–H and O–H groups in total. The van der Waals surface area contributed by atoms with Crippen LogP contribution in [0.25, 0.3) is 16.6 Å². The largest absolute Gasteiger partial charge is 0.338 e. The summed E-state index contributed by atoms with van der Waals surface area (Å²) in [6.45, 7) is 3.93. The third-order valence-electron chi connectivity index (χ3n) is 3.74. The Morgan fingerprint density at radius 3 is 2.81 bits per heavy atom. The van der Waals surface area contributed by atoms with Crippen LogP contribution in [0.3, 0.4) is 0 Å². The Morgan fingerprint density at radius 2 is 2.12 bits per heavy atom. The SMILES string of the molecule is C\C=C/C=C(\C=C/C)c1nc2ccc(NC(=O)c3ncnn3C)cc2[nH]1. The lowest BCUT2D eigenvalue weighted by molar-refractivity contribution is 0.101. The molecule has 0 radical (unpaired) electrons. The zero-order valence-corrected chi connectivity index (χ0v) is 14.9. The Labute approximate surface area is 151 Å². The van der Waals surface area contributed by atoms with Gasteiger partial charge in [-0.2, -0.15) is 5.10 Å². The zero-order valence-electron chi connectivity index (χ0n) is 14.9. The van der Waals surface area contributed by atoms with E-state index in [0.717, 1.165) is 22.4 Å². The number of nitrogens with zero attached hydrogens (tertiary/aromatic N) is 4. The van der Waals surface area contributed by atoms with Gasteiger partial charge in [-0.15, -0.1) is 0 Å². The molecule has 0 unspecified atom stereocenters. The summed E-state index contributed by atoms with van der Waals surface area (Å²) in [6, 6.07) is 5.53. The van der Waals surface area contributed by atoms with E-state index in [1.54, 1.807) is 7.05 Å². The number of anilines is 1. The molecule has 0 spiro atoms. The quantitative estimate of drug-likeness (QED) is 0.691. The minimum atomic E-state index is -0.313. The van der Waals surface area contributed by atoms with Crippen molar-refractivity contribution in [2.75, 3.05) is 5.32 Å². The number of imidazole rings is 1. The molecular weight excluding hydrogens is 328 g/mol. The van der Waals surface area contributed by atoms with E-state index in [9.17, 15) is 4.79 Å². The third kappa shape index (κ3) is 3.61. The van der Waals surface area contributed by atoms with E-state index in [1.165, 1.54) is 11.0 Å². The molecule has 0 bridgehead atoms. The lowest BCUT2D eigenvalue weighted by Crippen LogP contribution is -2.17. The Balaban J connectivity index is 1.90. The summed E-state index contributed by atoms with van der Waals surface area (Å²) in [6.07, 6.45) is 11.2. The molecule has 0 aliphatic carbocycles. The van der Waals surface area contributed by atoms with Gasteiger partial charge in [-0.3, -0.25) is 4.79 Å². The van der Waals surface area contributed by atoms with E-state index < -0.39 is 0 Å². The summed E-state index contributed by atoms with van der Waals surface area (Å²) in [5, 5.41) is 6.73. The Bertz CT molecular complexity index is 1020. The molecule has 0 saturated heterocycles. The first-order chi connectivity index (χ1) is 12.6. The van der Waals surface area contributed by atoms with E-state index in [1.807, 2.05) is 62.4 Å². The van der Waals surface area contributed by atoms with Gasteiger partial charge in [0.25, 0.3) is 5.91 Å². The summed E-state index contributed by atoms with van der Waals surface area (Å²) in [4.78, 5) is 24.1. The molecule has 0 saturated carbocycles. The minimum Gasteiger partial charge on any atom is -0.338 e. The average Bonchev–Trinajstić information content (AvgIpc) is 3.24. The maximum absolute atomic E-state index is 12.3. The second kappa shape index (κ2) is 7.60. The lowest BCUT2D eigenvalue weighted by Gasteiger charge is -2.04. The van der Waals surface area contributed by atoms with Crippen molar-refractivity contribution in [3.05, 3.63) is 66.6 Å². The smallest absolute Gasteiger partial charge is 0.293 e. The number of allylic oxidation sites excluding steroid dienone is 6. The van der Waals surface area contributed by atoms with Gasteiger partial charge in [0.05, 0.1) is 11.0 Å². The molecule has 3 aromatic rings. The highest BCUT2D eigenvalue weighted by atomic mass is 16.2. The van der Waals surface area contributed by atoms with Crippen molar-refractivity contribution in [1.82, 2.24) is 24.7 Å². The predicted molar refractivity (Wildman–Crippen MR) is 103 cm³/mol. The number of fused-ring (bicyclic) bond motifs is 1. The number of aromatic nitrogens is 5. The fourth-order valence-electron chi connectivity index (χ4n) is 2.51. The van der Waals surface area contributed by atoms with Crippen LogP contribution in [-0.4, -0.2) is 30.6 Å². The van der Waals surface area contributed by atoms with E-state index in [4.69, 9.17) is 0 Å². The molecule has 0 aliphatic heterocycles. The number of aryl methyl sites for hydroxylation is 1. The topological polar surface area (TPSA) is 88.5 Å². The van der Waals surface area contributed by atoms with Gasteiger partial charge in [0.2, 0.25) is 5.82 Å². The molecule has 7 nitrogen and oxygen atoms in total. The molecular formula is C19H20N6O. The normalized spacial score (nSPS) is 12.5. The van der Waals surface area contributed by atoms with Crippen molar-refractivity contribution < 1.29 is 4.79 Å². The Morgan fingerprint density at radius 1 is 1.27 bits per heavy atom. The molecule has 2 aromatic heterocycles. The van der Waals surface area contributed by atoms with Crippen LogP contribution in [0.15, 0.2) is 54.9 Å². The number of benzene rings is 1. The van der Waals surface area contributed by atoms with Gasteiger partial charge in [0, 0.05) is 18.3 Å². The van der Waals surface area contributed by atoms with Crippen molar-refractivity contribution in [2.24, 2.45) is 7.05 Å². The average molecular weight is 348 g/mol. The maximum atomic E-state index is 12.3. The molecule has 0 fully saturated rings. The first-order valence-corrected chi connectivity index (χ1v) is 8.23. The fraction of sp³-hybridized carbons (Fsp3) is 0.158. The van der Waals surface area contributed by atoms with Crippen molar-refractivity contribution in [1.29, 1.82) is 0 Å². The van der Waals surface area contributed by atoms with Crippen LogP contribution in [0.1, 0.15) is 30.3 Å². The van der Waals surface area contributed by atoms with Crippen LogP contribution < -0.4 is 5.32 Å². The maximum Gasteiger partial charge on any atom is 0.293 e. The number of rotatable bonds is 5. The van der Waals surface area contributed by atoms with Gasteiger partial charge in [-0.05, 0) is 32.0 Å². The summed E-state index contributed by atoms with van der Waals surface area (Å²) >= 11 is 0. The molecule has 1 amide bonds. The van der Waals surface area contributed by atoms with Crippen LogP contribution in [0, 0.1) is 0 Å². The summed E-state index contributed by atoms with van der Waals surface area (Å²) in [5.41, 5.74) is 3.30. The second-order valence-corrected chi connectivity index (χ2v) is 5.63. The second-order valence-electron chi connectivity index (χ2n) is 5.63. The summed E-state index contributed by atoms with van der Waals surface area (Å²) in [7, 11) is 1.67. The number of hydrogen-bond acceptors (Lipinski definition) is 4. The molecule has 132 valence electrons. The standard InChI is InChI=1S/C19H20N6O/c1-4-6-8-13(7-5-2)17-23-15-10-9-14(11-16(15)24-17)22-19(26)18-20-12-21-25(18)3/h4-12H,1-3H3,(H,22,26)(H,23,24)/b6-4-,7-5-,13-8+. The van der Waals surface area contributed by atoms with Crippen molar-refractivity contribution in [2.45, 2.75) is 13.8 Å². The van der Waals surface area contributed by atoms with Crippen molar-refractivity contribution in [3.8, 4) is 0 Å². The van der Waals surface area contributed by atoms with Crippen LogP contribution in [0.2, 0.25) is 0 Å². The third-order valence-corrected chi connectivity index (χ3v) is 3.74. The molecule has 26 heavy (non-hydrogen) atoms. The molecule has 0 atom stereocenters. The number of amides is 1. The van der Waals surface area contributed by atoms with Gasteiger partial charge in [0.15, 0.2) is 0 Å². The van der Waals surface area contributed by atoms with Crippen LogP contribution >= 0.6 is 0 Å². The first-order valence-electron chi connectivity index (χ1n) is 8.23. The highest BCUT2D eigenvalue weighted by Crippen LogP contribution is 2.21. The summed E-state index contributed by atoms with van der Waals surface area (Å²) in [5.74, 6) is 0.708. The number of carbonyl (C=O) groups is 1. The zero-order chi connectivity index (χ0) is 18.5. The van der Waals surface area contributed by atoms with Gasteiger partial charge < -0.3 is 10.3 Å². The molecule has 1 aromatic carbocycles. The first kappa shape index (κ1) is 17.3. The number of aromatic amines is 1. The van der Waals surface area contributed by atoms with Gasteiger partial charge in [0.1, 0.15) is 12.2 Å². The number of nitrogens with one attached hydrogen (secondary N) is 2. The molecule has 3 rings (SSSR count). The van der Waals surface area contributed by atoms with Gasteiger partial charge >= 0.3 is 0 Å². The van der Waals surface area contributed by atoms with Crippen LogP contribution in [-0.2, 0) is 7.05 Å². The van der Waals surface area contributed by atoms with E-state index in [0.29, 0.717) is 5.69 Å². The number of H-pyrrole nitrogens is 1. The number of carbonyl (C=O) groups excluding carboxylic acids is 1. The monoisotopic (exact) mass is 348 g/mol. The highest BCUT2D eigenvalue weighted by Gasteiger charge is 2.13. The van der Waals surface area contributed by atoms with Crippen molar-refractivity contribution >= 4 is 28.2 Å². The summed E-state index contributed by atoms with van der Waals surface area (Å²) < 4.78 is 1.43. The van der Waals surface area contributed by atoms with Crippen LogP contribution in [0.4, 0.5) is 5.69 Å². The van der Waals surface area contributed by atoms with Gasteiger partial charge in [-0.1, -0.05) is 30.4 Å². The minimum absolute atomic E-state index is 0.250. The highest BCUT2D eigenvalue weighted by molar-refractivity contribution is 6.02. The predicted octanol–water partition coefficient (Wildman–Crippen LogP) is 3.48.